The number of nitrogens with one attached hydrogen (secondary N) is 1. The summed E-state index contributed by atoms with van der Waals surface area (Å²) in [6, 6.07) is 3.21. The number of anilines is 1. The minimum absolute atomic E-state index is 0.117. The Bertz CT molecular complexity index is 854. The molecule has 0 atom stereocenters. The van der Waals surface area contributed by atoms with E-state index in [0.29, 0.717) is 0 Å². The van der Waals surface area contributed by atoms with Gasteiger partial charge in [-0.1, -0.05) is 0 Å². The van der Waals surface area contributed by atoms with E-state index in [-0.39, 0.29) is 16.9 Å². The largest absolute Gasteiger partial charge is 0.480 e. The Balaban J connectivity index is 2.38. The van der Waals surface area contributed by atoms with Gasteiger partial charge in [0, 0.05) is 18.3 Å². The molecule has 0 saturated heterocycles. The van der Waals surface area contributed by atoms with Gasteiger partial charge in [0.25, 0.3) is 17.3 Å². The van der Waals surface area contributed by atoms with Crippen molar-refractivity contribution < 1.29 is 24.5 Å². The molecule has 2 rings (SSSR count). The fourth-order valence-electron chi connectivity index (χ4n) is 2.11. The summed E-state index contributed by atoms with van der Waals surface area (Å²) in [5.41, 5.74) is -1.48. The van der Waals surface area contributed by atoms with Gasteiger partial charge < -0.3 is 10.4 Å². The van der Waals surface area contributed by atoms with E-state index in [1.807, 2.05) is 0 Å². The number of carbonyl (C=O) groups excluding carboxylic acids is 1. The molecule has 0 aliphatic carbocycles. The minimum atomic E-state index is -1.22. The average molecular weight is 349 g/mol. The Morgan fingerprint density at radius 2 is 1.80 bits per heavy atom. The molecule has 0 unspecified atom stereocenters. The Morgan fingerprint density at radius 1 is 1.24 bits per heavy atom. The molecule has 0 radical (unpaired) electrons. The van der Waals surface area contributed by atoms with E-state index >= 15 is 0 Å². The third-order valence-electron chi connectivity index (χ3n) is 3.24. The van der Waals surface area contributed by atoms with E-state index in [1.54, 1.807) is 0 Å². The Kier molecular flexibility index (Phi) is 4.72. The predicted octanol–water partition coefficient (Wildman–Crippen LogP) is 1.34. The van der Waals surface area contributed by atoms with Gasteiger partial charge in [-0.2, -0.15) is 5.10 Å². The summed E-state index contributed by atoms with van der Waals surface area (Å²) in [4.78, 5) is 43.4. The zero-order chi connectivity index (χ0) is 18.7. The number of aliphatic carboxylic acids is 1. The number of hydrogen-bond acceptors (Lipinski definition) is 7. The third kappa shape index (κ3) is 3.74. The van der Waals surface area contributed by atoms with Crippen LogP contribution in [0, 0.1) is 27.2 Å². The van der Waals surface area contributed by atoms with Gasteiger partial charge in [-0.05, 0) is 13.0 Å². The summed E-state index contributed by atoms with van der Waals surface area (Å²) in [7, 11) is 0. The number of carboxylic acid groups (broad SMARTS) is 1. The van der Waals surface area contributed by atoms with Gasteiger partial charge in [0.1, 0.15) is 17.8 Å². The first-order valence-corrected chi connectivity index (χ1v) is 6.69. The molecular formula is C13H11N5O7. The highest BCUT2D eigenvalue weighted by Gasteiger charge is 2.24. The van der Waals surface area contributed by atoms with E-state index in [9.17, 15) is 29.8 Å². The fourth-order valence-corrected chi connectivity index (χ4v) is 2.11. The maximum atomic E-state index is 12.2. The van der Waals surface area contributed by atoms with Crippen LogP contribution in [0.4, 0.5) is 17.1 Å². The van der Waals surface area contributed by atoms with Gasteiger partial charge in [0.05, 0.1) is 15.5 Å². The molecule has 0 saturated carbocycles. The number of benzene rings is 1. The quantitative estimate of drug-likeness (QED) is 0.581. The highest BCUT2D eigenvalue weighted by molar-refractivity contribution is 6.03. The number of nitrogens with zero attached hydrogens (tertiary/aromatic N) is 4. The van der Waals surface area contributed by atoms with E-state index in [1.165, 1.54) is 19.2 Å². The predicted molar refractivity (Wildman–Crippen MR) is 82.3 cm³/mol. The van der Waals surface area contributed by atoms with Crippen molar-refractivity contribution in [3.05, 3.63) is 55.9 Å². The lowest BCUT2D eigenvalue weighted by Gasteiger charge is -2.08. The normalized spacial score (nSPS) is 10.3. The van der Waals surface area contributed by atoms with Crippen LogP contribution in [0.15, 0.2) is 24.4 Å². The van der Waals surface area contributed by atoms with Gasteiger partial charge in [-0.15, -0.1) is 0 Å². The lowest BCUT2D eigenvalue weighted by molar-refractivity contribution is -0.395. The molecule has 0 bridgehead atoms. The van der Waals surface area contributed by atoms with Crippen LogP contribution >= 0.6 is 0 Å². The lowest BCUT2D eigenvalue weighted by Crippen LogP contribution is -2.20. The Morgan fingerprint density at radius 3 is 2.28 bits per heavy atom. The molecular weight excluding hydrogens is 338 g/mol. The van der Waals surface area contributed by atoms with Crippen LogP contribution in [-0.4, -0.2) is 36.6 Å². The average Bonchev–Trinajstić information content (AvgIpc) is 2.95. The summed E-state index contributed by atoms with van der Waals surface area (Å²) in [5.74, 6) is -2.04. The molecule has 0 fully saturated rings. The highest BCUT2D eigenvalue weighted by Crippen LogP contribution is 2.31. The molecule has 1 heterocycles. The van der Waals surface area contributed by atoms with E-state index in [2.05, 4.69) is 10.4 Å². The second-order valence-electron chi connectivity index (χ2n) is 4.88. The molecule has 130 valence electrons. The molecule has 25 heavy (non-hydrogen) atoms. The number of nitro benzene ring substituents is 2. The molecule has 1 amide bonds. The molecule has 12 nitrogen and oxygen atoms in total. The first kappa shape index (κ1) is 17.5. The maximum Gasteiger partial charge on any atom is 0.325 e. The van der Waals surface area contributed by atoms with Crippen LogP contribution in [0.3, 0.4) is 0 Å². The van der Waals surface area contributed by atoms with Crippen LogP contribution in [0.25, 0.3) is 0 Å². The number of rotatable bonds is 6. The second kappa shape index (κ2) is 6.74. The lowest BCUT2D eigenvalue weighted by atomic mass is 10.1. The smallest absolute Gasteiger partial charge is 0.325 e. The van der Waals surface area contributed by atoms with Crippen LogP contribution in [-0.2, 0) is 11.3 Å². The summed E-state index contributed by atoms with van der Waals surface area (Å²) in [5, 5.41) is 36.8. The van der Waals surface area contributed by atoms with E-state index < -0.39 is 39.6 Å². The summed E-state index contributed by atoms with van der Waals surface area (Å²) in [6.45, 7) is 0.660. The monoisotopic (exact) mass is 349 g/mol. The van der Waals surface area contributed by atoms with Gasteiger partial charge in [0.2, 0.25) is 0 Å². The number of carboxylic acids is 1. The highest BCUT2D eigenvalue weighted by atomic mass is 16.6. The van der Waals surface area contributed by atoms with Gasteiger partial charge in [-0.3, -0.25) is 29.8 Å². The number of amides is 1. The molecule has 1 aromatic carbocycles. The van der Waals surface area contributed by atoms with Gasteiger partial charge in [-0.25, -0.2) is 4.68 Å². The van der Waals surface area contributed by atoms with Crippen molar-refractivity contribution in [3.8, 4) is 0 Å². The molecule has 12 heteroatoms. The fraction of sp³-hybridized carbons (Fsp3) is 0.154. The van der Waals surface area contributed by atoms with Crippen molar-refractivity contribution >= 4 is 28.9 Å². The number of hydrogen-bond donors (Lipinski definition) is 2. The van der Waals surface area contributed by atoms with Crippen LogP contribution in [0.1, 0.15) is 16.1 Å². The van der Waals surface area contributed by atoms with Gasteiger partial charge in [0.15, 0.2) is 0 Å². The van der Waals surface area contributed by atoms with Crippen LogP contribution in [0.5, 0.6) is 0 Å². The Hall–Kier alpha value is -3.83. The van der Waals surface area contributed by atoms with Crippen molar-refractivity contribution in [2.75, 3.05) is 5.32 Å². The number of carbonyl (C=O) groups is 2. The number of aromatic nitrogens is 2. The Labute approximate surface area is 139 Å². The summed E-state index contributed by atoms with van der Waals surface area (Å²) < 4.78 is 0.911. The van der Waals surface area contributed by atoms with Crippen LogP contribution in [0.2, 0.25) is 0 Å². The molecule has 2 aromatic rings. The number of nitro groups is 2. The first-order chi connectivity index (χ1) is 11.7. The minimum Gasteiger partial charge on any atom is -0.480 e. The topological polar surface area (TPSA) is 170 Å². The van der Waals surface area contributed by atoms with Crippen molar-refractivity contribution in [1.82, 2.24) is 9.78 Å². The summed E-state index contributed by atoms with van der Waals surface area (Å²) >= 11 is 0. The van der Waals surface area contributed by atoms with Crippen LogP contribution < -0.4 is 5.32 Å². The van der Waals surface area contributed by atoms with E-state index in [4.69, 9.17) is 5.11 Å². The van der Waals surface area contributed by atoms with Crippen molar-refractivity contribution in [2.45, 2.75) is 13.5 Å². The molecule has 2 N–H and O–H groups in total. The van der Waals surface area contributed by atoms with Crippen molar-refractivity contribution in [1.29, 1.82) is 0 Å². The van der Waals surface area contributed by atoms with Crippen molar-refractivity contribution in [3.63, 3.8) is 0 Å². The maximum absolute atomic E-state index is 12.2. The first-order valence-electron chi connectivity index (χ1n) is 6.69. The molecule has 0 aliphatic heterocycles. The zero-order valence-corrected chi connectivity index (χ0v) is 12.7. The zero-order valence-electron chi connectivity index (χ0n) is 12.7. The second-order valence-corrected chi connectivity index (χ2v) is 4.88. The molecule has 0 spiro atoms. The SMILES string of the molecule is Cc1c([N+](=O)[O-])cc(NC(=O)c2ccnn2CC(=O)O)cc1[N+](=O)[O-]. The molecule has 1 aromatic heterocycles. The van der Waals surface area contributed by atoms with E-state index in [0.717, 1.165) is 16.8 Å². The van der Waals surface area contributed by atoms with Crippen molar-refractivity contribution in [2.24, 2.45) is 0 Å². The van der Waals surface area contributed by atoms with Gasteiger partial charge >= 0.3 is 5.97 Å². The standard InChI is InChI=1S/C13H11N5O7/c1-7-10(17(22)23)4-8(5-11(7)18(24)25)15-13(21)9-2-3-14-16(9)6-12(19)20/h2-5H,6H2,1H3,(H,15,21)(H,19,20). The molecule has 0 aliphatic rings. The summed E-state index contributed by atoms with van der Waals surface area (Å²) in [6.07, 6.45) is 1.21. The third-order valence-corrected chi connectivity index (χ3v) is 3.24.